The van der Waals surface area contributed by atoms with Gasteiger partial charge >= 0.3 is 6.01 Å². The van der Waals surface area contributed by atoms with E-state index in [2.05, 4.69) is 16.9 Å². The first kappa shape index (κ1) is 27.7. The fourth-order valence-electron chi connectivity index (χ4n) is 4.66. The molecule has 2 aromatic rings. The zero-order valence-electron chi connectivity index (χ0n) is 23.0. The van der Waals surface area contributed by atoms with Gasteiger partial charge in [-0.3, -0.25) is 5.41 Å². The van der Waals surface area contributed by atoms with Crippen LogP contribution in [0.2, 0.25) is 0 Å². The van der Waals surface area contributed by atoms with Gasteiger partial charge in [0.1, 0.15) is 5.52 Å². The monoisotopic (exact) mass is 493 g/mol. The molecule has 0 aliphatic heterocycles. The predicted octanol–water partition coefficient (Wildman–Crippen LogP) is 7.40. The summed E-state index contributed by atoms with van der Waals surface area (Å²) >= 11 is 0. The molecule has 0 unspecified atom stereocenters. The lowest BCUT2D eigenvalue weighted by Gasteiger charge is -2.22. The minimum atomic E-state index is -0.571. The Balaban J connectivity index is 2.27. The number of ether oxygens (including phenoxy) is 1. The summed E-state index contributed by atoms with van der Waals surface area (Å²) in [7, 11) is 0. The molecule has 2 N–H and O–H groups in total. The van der Waals surface area contributed by atoms with Crippen molar-refractivity contribution in [3.8, 4) is 6.01 Å². The molecule has 0 saturated heterocycles. The Morgan fingerprint density at radius 2 is 1.81 bits per heavy atom. The van der Waals surface area contributed by atoms with Gasteiger partial charge in [-0.15, -0.1) is 0 Å². The molecule has 0 spiro atoms. The zero-order valence-corrected chi connectivity index (χ0v) is 23.0. The van der Waals surface area contributed by atoms with Crippen LogP contribution in [0.3, 0.4) is 0 Å². The highest BCUT2D eigenvalue weighted by atomic mass is 19.1. The van der Waals surface area contributed by atoms with E-state index in [0.717, 1.165) is 41.6 Å². The summed E-state index contributed by atoms with van der Waals surface area (Å²) in [4.78, 5) is 8.78. The molecule has 1 aliphatic carbocycles. The number of halogens is 1. The normalized spacial score (nSPS) is 15.6. The van der Waals surface area contributed by atoms with Crippen molar-refractivity contribution in [1.82, 2.24) is 9.97 Å². The largest absolute Gasteiger partial charge is 0.463 e. The SMILES string of the molecule is C/C=C(C)\C(C)=C(/C(=N)c1c(CC)c(CO)c2cnc(OCC3(CC)CC3)nc2c1F)C(C)=C(C)C. The topological polar surface area (TPSA) is 79.1 Å². The molecule has 0 radical (unpaired) electrons. The van der Waals surface area contributed by atoms with Crippen LogP contribution in [0.5, 0.6) is 6.01 Å². The second-order valence-corrected chi connectivity index (χ2v) is 10.2. The molecule has 36 heavy (non-hydrogen) atoms. The van der Waals surface area contributed by atoms with Crippen molar-refractivity contribution >= 4 is 16.6 Å². The number of aliphatic hydroxyl groups is 1. The van der Waals surface area contributed by atoms with E-state index in [-0.39, 0.29) is 34.8 Å². The number of fused-ring (bicyclic) bond motifs is 1. The molecule has 1 heterocycles. The first-order valence-corrected chi connectivity index (χ1v) is 12.9. The summed E-state index contributed by atoms with van der Waals surface area (Å²) in [5.41, 5.74) is 6.36. The molecule has 3 rings (SSSR count). The van der Waals surface area contributed by atoms with Crippen molar-refractivity contribution in [2.45, 2.75) is 87.7 Å². The quantitative estimate of drug-likeness (QED) is 0.267. The van der Waals surface area contributed by atoms with E-state index in [1.165, 1.54) is 6.20 Å². The summed E-state index contributed by atoms with van der Waals surface area (Å²) < 4.78 is 22.3. The van der Waals surface area contributed by atoms with Crippen molar-refractivity contribution in [3.05, 3.63) is 62.6 Å². The van der Waals surface area contributed by atoms with Crippen LogP contribution in [-0.2, 0) is 13.0 Å². The van der Waals surface area contributed by atoms with Gasteiger partial charge in [0.05, 0.1) is 18.9 Å². The van der Waals surface area contributed by atoms with Crippen LogP contribution >= 0.6 is 0 Å². The molecule has 6 heteroatoms. The van der Waals surface area contributed by atoms with Crippen molar-refractivity contribution < 1.29 is 14.2 Å². The number of nitrogens with zero attached hydrogens (tertiary/aromatic N) is 2. The number of hydrogen-bond acceptors (Lipinski definition) is 5. The molecule has 5 nitrogen and oxygen atoms in total. The predicted molar refractivity (Wildman–Crippen MR) is 145 cm³/mol. The Morgan fingerprint density at radius 3 is 2.31 bits per heavy atom. The molecule has 1 aliphatic rings. The van der Waals surface area contributed by atoms with E-state index in [1.54, 1.807) is 0 Å². The standard InChI is InChI=1S/C30H40FN3O2/c1-9-18(6)20(8)24(19(7)17(4)5)27(32)25-21(10-2)23(15-35)22-14-33-29(34-28(22)26(25)31)36-16-30(11-3)12-13-30/h9,14,32,35H,10-13,15-16H2,1-8H3/b18-9-,24-20-,32-27?. The Labute approximate surface area is 214 Å². The Hall–Kier alpha value is -2.86. The molecular weight excluding hydrogens is 453 g/mol. The Bertz CT molecular complexity index is 1280. The van der Waals surface area contributed by atoms with E-state index >= 15 is 4.39 Å². The minimum absolute atomic E-state index is 0.0805. The van der Waals surface area contributed by atoms with Gasteiger partial charge in [-0.1, -0.05) is 31.1 Å². The van der Waals surface area contributed by atoms with Gasteiger partial charge in [0.2, 0.25) is 0 Å². The van der Waals surface area contributed by atoms with Crippen molar-refractivity contribution in [2.75, 3.05) is 6.61 Å². The number of hydrogen-bond donors (Lipinski definition) is 2. The summed E-state index contributed by atoms with van der Waals surface area (Å²) in [5.74, 6) is -0.571. The Kier molecular flexibility index (Phi) is 8.50. The summed E-state index contributed by atoms with van der Waals surface area (Å²) in [6.07, 6.45) is 7.25. The smallest absolute Gasteiger partial charge is 0.317 e. The molecule has 194 valence electrons. The van der Waals surface area contributed by atoms with Gasteiger partial charge < -0.3 is 9.84 Å². The molecule has 0 amide bonds. The average molecular weight is 494 g/mol. The van der Waals surface area contributed by atoms with Gasteiger partial charge in [-0.2, -0.15) is 4.98 Å². The van der Waals surface area contributed by atoms with E-state index < -0.39 is 5.82 Å². The van der Waals surface area contributed by atoms with Crippen LogP contribution in [0, 0.1) is 16.6 Å². The third-order valence-electron chi connectivity index (χ3n) is 7.94. The van der Waals surface area contributed by atoms with Crippen molar-refractivity contribution in [2.24, 2.45) is 5.41 Å². The van der Waals surface area contributed by atoms with Gasteiger partial charge in [0.25, 0.3) is 0 Å². The molecule has 1 aromatic carbocycles. The highest BCUT2D eigenvalue weighted by Crippen LogP contribution is 2.48. The molecular formula is C30H40FN3O2. The molecule has 1 fully saturated rings. The lowest BCUT2D eigenvalue weighted by Crippen LogP contribution is -2.17. The fraction of sp³-hybridized carbons (Fsp3) is 0.500. The lowest BCUT2D eigenvalue weighted by atomic mass is 9.84. The number of allylic oxidation sites excluding steroid dienone is 6. The second-order valence-electron chi connectivity index (χ2n) is 10.2. The lowest BCUT2D eigenvalue weighted by molar-refractivity contribution is 0.214. The van der Waals surface area contributed by atoms with Gasteiger partial charge in [0.15, 0.2) is 5.82 Å². The maximum Gasteiger partial charge on any atom is 0.317 e. The highest BCUT2D eigenvalue weighted by molar-refractivity contribution is 6.16. The number of rotatable bonds is 10. The second kappa shape index (κ2) is 11.0. The minimum Gasteiger partial charge on any atom is -0.463 e. The van der Waals surface area contributed by atoms with Crippen LogP contribution in [0.1, 0.15) is 91.3 Å². The van der Waals surface area contributed by atoms with Crippen LogP contribution in [0.25, 0.3) is 10.9 Å². The summed E-state index contributed by atoms with van der Waals surface area (Å²) in [5, 5.41) is 20.1. The third kappa shape index (κ3) is 5.15. The zero-order chi connectivity index (χ0) is 26.8. The molecule has 1 aromatic heterocycles. The molecule has 0 bridgehead atoms. The number of aliphatic hydroxyl groups excluding tert-OH is 1. The number of benzene rings is 1. The van der Waals surface area contributed by atoms with E-state index in [9.17, 15) is 10.5 Å². The van der Waals surface area contributed by atoms with E-state index in [0.29, 0.717) is 35.1 Å². The van der Waals surface area contributed by atoms with Crippen molar-refractivity contribution in [3.63, 3.8) is 0 Å². The summed E-state index contributed by atoms with van der Waals surface area (Å²) in [6, 6.07) is 0.129. The fourth-order valence-corrected chi connectivity index (χ4v) is 4.66. The third-order valence-corrected chi connectivity index (χ3v) is 7.94. The Morgan fingerprint density at radius 1 is 1.14 bits per heavy atom. The van der Waals surface area contributed by atoms with Crippen molar-refractivity contribution in [1.29, 1.82) is 5.41 Å². The van der Waals surface area contributed by atoms with Crippen LogP contribution in [0.4, 0.5) is 4.39 Å². The number of aromatic nitrogens is 2. The van der Waals surface area contributed by atoms with Gasteiger partial charge in [-0.25, -0.2) is 9.37 Å². The first-order valence-electron chi connectivity index (χ1n) is 12.9. The number of nitrogens with one attached hydrogen (secondary N) is 1. The van der Waals surface area contributed by atoms with E-state index in [1.807, 2.05) is 54.5 Å². The van der Waals surface area contributed by atoms with Crippen LogP contribution < -0.4 is 4.74 Å². The maximum absolute atomic E-state index is 16.4. The van der Waals surface area contributed by atoms with Crippen LogP contribution in [-0.4, -0.2) is 27.4 Å². The first-order chi connectivity index (χ1) is 17.1. The molecule has 1 saturated carbocycles. The highest BCUT2D eigenvalue weighted by Gasteiger charge is 2.41. The summed E-state index contributed by atoms with van der Waals surface area (Å²) in [6.45, 7) is 16.2. The maximum atomic E-state index is 16.4. The van der Waals surface area contributed by atoms with E-state index in [4.69, 9.17) is 4.74 Å². The molecule has 0 atom stereocenters. The van der Waals surface area contributed by atoms with Gasteiger partial charge in [0, 0.05) is 28.1 Å². The van der Waals surface area contributed by atoms with Gasteiger partial charge in [-0.05, 0) is 89.5 Å². The van der Waals surface area contributed by atoms with Crippen LogP contribution in [0.15, 0.2) is 40.1 Å². The average Bonchev–Trinajstić information content (AvgIpc) is 3.66.